The van der Waals surface area contributed by atoms with Crippen LogP contribution < -0.4 is 68.9 Å². The number of phosphoric acid groups is 2. The van der Waals surface area contributed by atoms with E-state index in [1.54, 1.807) is 40.2 Å². The Labute approximate surface area is 883 Å². The van der Waals surface area contributed by atoms with E-state index in [1.807, 2.05) is 32.1 Å². The van der Waals surface area contributed by atoms with Crippen LogP contribution in [0.2, 0.25) is 0 Å². The van der Waals surface area contributed by atoms with E-state index < -0.39 is 188 Å². The van der Waals surface area contributed by atoms with E-state index >= 15 is 0 Å². The summed E-state index contributed by atoms with van der Waals surface area (Å²) in [7, 11) is -7.17. The van der Waals surface area contributed by atoms with Crippen LogP contribution in [-0.2, 0) is 118 Å². The molecule has 2 bridgehead atoms. The van der Waals surface area contributed by atoms with E-state index in [0.717, 1.165) is 115 Å². The summed E-state index contributed by atoms with van der Waals surface area (Å²) in [5, 5.41) is 44.6. The van der Waals surface area contributed by atoms with Crippen molar-refractivity contribution in [2.75, 3.05) is 60.5 Å². The monoisotopic (exact) mass is 2050 g/mol. The normalized spacial score (nSPS) is 28.6. The van der Waals surface area contributed by atoms with Crippen LogP contribution in [0, 0.1) is 23.7 Å². The van der Waals surface area contributed by atoms with Crippen LogP contribution in [0.1, 0.15) is 378 Å². The zero-order chi connectivity index (χ0) is 101. The second kappa shape index (κ2) is 72.3. The van der Waals surface area contributed by atoms with Crippen LogP contribution in [-0.4, -0.2) is 226 Å². The zero-order valence-corrected chi connectivity index (χ0v) is 94.1. The molecule has 6 aliphatic heterocycles. The van der Waals surface area contributed by atoms with Crippen LogP contribution in [0.4, 0.5) is 0 Å². The number of aliphatic hydroxyl groups excluding tert-OH is 3. The van der Waals surface area contributed by atoms with Crippen LogP contribution in [0.15, 0.2) is 59.3 Å². The fourth-order valence-electron chi connectivity index (χ4n) is 18.9. The number of hydrogen-bond donors (Lipinski definition) is 4. The van der Waals surface area contributed by atoms with Crippen molar-refractivity contribution >= 4 is 45.5 Å². The number of aliphatic hydroxyl groups is 4. The van der Waals surface area contributed by atoms with Crippen molar-refractivity contribution in [1.82, 2.24) is 0 Å². The number of carbonyl (C=O) groups excluding carboxylic acids is 5. The Morgan fingerprint density at radius 3 is 1.41 bits per heavy atom. The third-order valence-electron chi connectivity index (χ3n) is 27.6. The largest absolute Gasteiger partial charge is 1.00 e. The van der Waals surface area contributed by atoms with Crippen LogP contribution >= 0.6 is 15.6 Å². The molecular formula is C105H180Na2O31P2. The molecule has 6 heterocycles. The summed E-state index contributed by atoms with van der Waals surface area (Å²) in [5.41, 5.74) is 0.134. The van der Waals surface area contributed by atoms with Gasteiger partial charge in [-0.3, -0.25) is 33.1 Å². The van der Waals surface area contributed by atoms with E-state index in [2.05, 4.69) is 67.5 Å². The quantitative estimate of drug-likeness (QED) is 0.0110. The van der Waals surface area contributed by atoms with Crippen molar-refractivity contribution in [1.29, 1.82) is 0 Å². The van der Waals surface area contributed by atoms with Gasteiger partial charge in [-0.05, 0) is 88.5 Å². The molecule has 7 aliphatic rings. The van der Waals surface area contributed by atoms with Gasteiger partial charge < -0.3 is 115 Å². The first-order valence-electron chi connectivity index (χ1n) is 53.1. The van der Waals surface area contributed by atoms with Crippen molar-refractivity contribution in [2.24, 2.45) is 23.7 Å². The predicted molar refractivity (Wildman–Crippen MR) is 521 cm³/mol. The number of carbonyl (C=O) groups is 5. The topological polar surface area (TPSA) is 413 Å². The Morgan fingerprint density at radius 2 is 0.957 bits per heavy atom. The number of fused-ring (bicyclic) bond motifs is 2. The summed E-state index contributed by atoms with van der Waals surface area (Å²) >= 11 is 0. The van der Waals surface area contributed by atoms with Crippen molar-refractivity contribution in [2.45, 2.75) is 494 Å². The molecule has 1 spiro atoms. The predicted octanol–water partition coefficient (Wildman–Crippen LogP) is 13.3. The third-order valence-corrected chi connectivity index (χ3v) is 29.4. The Kier molecular flexibility index (Phi) is 67.1. The van der Waals surface area contributed by atoms with Crippen molar-refractivity contribution in [3.63, 3.8) is 0 Å². The Bertz CT molecular complexity index is 3580. The molecule has 7 rings (SSSR count). The smallest absolute Gasteiger partial charge is 0.756 e. The van der Waals surface area contributed by atoms with Gasteiger partial charge in [-0.1, -0.05) is 304 Å². The summed E-state index contributed by atoms with van der Waals surface area (Å²) in [6, 6.07) is 0. The maximum absolute atomic E-state index is 14.3. The summed E-state index contributed by atoms with van der Waals surface area (Å²) in [4.78, 5) is 90.6. The van der Waals surface area contributed by atoms with Gasteiger partial charge in [0.2, 0.25) is 0 Å². The van der Waals surface area contributed by atoms with Gasteiger partial charge in [-0.25, -0.2) is 0 Å². The molecule has 0 amide bonds. The van der Waals surface area contributed by atoms with E-state index in [-0.39, 0.29) is 127 Å². The van der Waals surface area contributed by atoms with E-state index in [9.17, 15) is 63.3 Å². The molecule has 35 heteroatoms. The second-order valence-corrected chi connectivity index (χ2v) is 42.4. The Hall–Kier alpha value is -2.25. The first-order valence-corrected chi connectivity index (χ1v) is 56.0. The first kappa shape index (κ1) is 130. The SMILES string of the molecule is CCC(C)C1OC2(C=CC1C)CC1CC(CC=C(C)C(OC3CC(OC)C(OC4CC(OC)C(O)C(C)O4)C(C)O3)C(C)C=CC=C3COC4C(O)C(C)=CC(C(=O)O1)C34O)O2.CCCCCCCCCCCC(=O)OCC(COP(=O)([O-])OCC(O)COP(=O)([O-])OCC(COC(=O)CCCCCCCCCCC)OC(=O)CCCCCCCCCCC)OC(=O)CCCCCCCCCCC.[Na+].[Na+]. The Balaban J connectivity index is 0.000000584. The molecule has 0 aromatic carbocycles. The fourth-order valence-corrected chi connectivity index (χ4v) is 20.5. The molecule has 0 radical (unpaired) electrons. The van der Waals surface area contributed by atoms with E-state index in [0.29, 0.717) is 68.9 Å². The average Bonchev–Trinajstić information content (AvgIpc) is 1.71. The number of hydrogen-bond acceptors (Lipinski definition) is 31. The number of unbranched alkanes of at least 4 members (excludes halogenated alkanes) is 32. The molecule has 31 nitrogen and oxygen atoms in total. The first-order chi connectivity index (χ1) is 66.2. The summed E-state index contributed by atoms with van der Waals surface area (Å²) in [6.07, 6.45) is 42.8. The van der Waals surface area contributed by atoms with Gasteiger partial charge in [0.15, 0.2) is 30.6 Å². The zero-order valence-electron chi connectivity index (χ0n) is 88.3. The third kappa shape index (κ3) is 48.8. The average molecular weight is 2050 g/mol. The molecule has 24 atom stereocenters. The number of phosphoric ester groups is 2. The minimum atomic E-state index is -5.20. The maximum Gasteiger partial charge on any atom is 1.00 e. The van der Waals surface area contributed by atoms with E-state index in [1.165, 1.54) is 103 Å². The second-order valence-electron chi connectivity index (χ2n) is 39.6. The molecule has 4 saturated heterocycles. The molecule has 0 saturated carbocycles. The van der Waals surface area contributed by atoms with E-state index in [4.69, 9.17) is 84.4 Å². The standard InChI is InChI=1S/C57H110O17P2.C48H72O14.2Na/c1-5-9-13-17-21-25-29-33-37-41-54(59)67-47-52(73-56(61)43-39-35-31-27-23-19-15-11-7-3)49-71-75(63,64)69-45-51(58)46-70-76(65,66)72-50-53(74-57(62)44-40-36-32-28-24-20-16-12-8-4)48-68-55(60)42-38-34-30-26-22-18-14-10-6-2;1-11-25(2)43-28(5)17-18-47(62-43)23-34-20-33(61-47)16-15-27(4)42(26(3)13-12-14-32-24-55-45-40(49)29(6)19-35(46(51)58-34)48(32,45)52)59-39-22-37(54-10)44(31(8)57-39)60-38-21-36(53-9)41(50)30(7)56-38;;/h51-53,58H,5-50H2,1-4H3,(H,63,64)(H,65,66);12-15,17-19,25-26,28,30-31,33-45,49-50,52H,11,16,20-24H2,1-10H3;;/q;;2*+1/p-2. The van der Waals surface area contributed by atoms with Gasteiger partial charge in [0.05, 0.1) is 75.8 Å². The van der Waals surface area contributed by atoms with Gasteiger partial charge in [0, 0.05) is 77.4 Å². The molecule has 24 unspecified atom stereocenters. The molecular weight excluding hydrogens is 1870 g/mol. The van der Waals surface area contributed by atoms with Gasteiger partial charge >= 0.3 is 89.0 Å². The van der Waals surface area contributed by atoms with Gasteiger partial charge in [0.25, 0.3) is 15.6 Å². The molecule has 0 aromatic heterocycles. The molecule has 4 fully saturated rings. The number of allylic oxidation sites excluding steroid dienone is 2. The summed E-state index contributed by atoms with van der Waals surface area (Å²) < 4.78 is 130. The van der Waals surface area contributed by atoms with Gasteiger partial charge in [-0.2, -0.15) is 0 Å². The number of esters is 5. The minimum absolute atomic E-state index is 0. The van der Waals surface area contributed by atoms with Crippen molar-refractivity contribution in [3.05, 3.63) is 59.3 Å². The number of methoxy groups -OCH3 is 2. The minimum Gasteiger partial charge on any atom is -0.756 e. The van der Waals surface area contributed by atoms with Crippen LogP contribution in [0.3, 0.4) is 0 Å². The van der Waals surface area contributed by atoms with Gasteiger partial charge in [-0.15, -0.1) is 0 Å². The number of ether oxygens (including phenoxy) is 14. The van der Waals surface area contributed by atoms with Crippen LogP contribution in [0.25, 0.3) is 0 Å². The summed E-state index contributed by atoms with van der Waals surface area (Å²) in [5.74, 6) is -4.80. The fraction of sp³-hybridized carbons (Fsp3) is 0.857. The molecule has 140 heavy (non-hydrogen) atoms. The molecule has 0 aromatic rings. The Morgan fingerprint density at radius 1 is 0.529 bits per heavy atom. The number of rotatable bonds is 66. The molecule has 1 aliphatic carbocycles. The maximum atomic E-state index is 14.3. The van der Waals surface area contributed by atoms with Crippen molar-refractivity contribution < 1.29 is 207 Å². The van der Waals surface area contributed by atoms with Crippen molar-refractivity contribution in [3.8, 4) is 0 Å². The molecule has 798 valence electrons. The molecule has 4 N–H and O–H groups in total. The summed E-state index contributed by atoms with van der Waals surface area (Å²) in [6.45, 7) is 20.4. The van der Waals surface area contributed by atoms with Crippen LogP contribution in [0.5, 0.6) is 0 Å². The van der Waals surface area contributed by atoms with Gasteiger partial charge in [0.1, 0.15) is 61.4 Å².